The lowest BCUT2D eigenvalue weighted by atomic mass is 10.1. The van der Waals surface area contributed by atoms with Gasteiger partial charge in [0.1, 0.15) is 5.82 Å². The van der Waals surface area contributed by atoms with Crippen molar-refractivity contribution in [2.24, 2.45) is 0 Å². The molecule has 3 rings (SSSR count). The summed E-state index contributed by atoms with van der Waals surface area (Å²) >= 11 is 0. The molecule has 2 aromatic rings. The first-order valence-corrected chi connectivity index (χ1v) is 10.2. The van der Waals surface area contributed by atoms with Crippen LogP contribution in [0.4, 0.5) is 21.5 Å². The summed E-state index contributed by atoms with van der Waals surface area (Å²) < 4.78 is 39.0. The molecule has 0 amide bonds. The van der Waals surface area contributed by atoms with Crippen molar-refractivity contribution in [1.29, 1.82) is 0 Å². The van der Waals surface area contributed by atoms with Crippen LogP contribution in [0.1, 0.15) is 10.4 Å². The van der Waals surface area contributed by atoms with Gasteiger partial charge in [0.2, 0.25) is 10.0 Å². The minimum Gasteiger partial charge on any atom is -0.478 e. The third-order valence-electron chi connectivity index (χ3n) is 4.37. The van der Waals surface area contributed by atoms with Crippen LogP contribution in [0.2, 0.25) is 0 Å². The maximum Gasteiger partial charge on any atom is 0.337 e. The van der Waals surface area contributed by atoms with Crippen LogP contribution in [0.25, 0.3) is 0 Å². The fourth-order valence-corrected chi connectivity index (χ4v) is 3.69. The van der Waals surface area contributed by atoms with Crippen LogP contribution in [0.3, 0.4) is 0 Å². The molecule has 1 heterocycles. The second-order valence-electron chi connectivity index (χ2n) is 6.33. The summed E-state index contributed by atoms with van der Waals surface area (Å²) in [4.78, 5) is 15.5. The summed E-state index contributed by atoms with van der Waals surface area (Å²) in [6.07, 6.45) is 0.967. The van der Waals surface area contributed by atoms with Gasteiger partial charge in [0.25, 0.3) is 0 Å². The fourth-order valence-electron chi connectivity index (χ4n) is 3.11. The molecule has 0 aliphatic carbocycles. The maximum absolute atomic E-state index is 13.9. The molecule has 0 unspecified atom stereocenters. The molecule has 0 atom stereocenters. The zero-order chi connectivity index (χ0) is 19.6. The van der Waals surface area contributed by atoms with Crippen molar-refractivity contribution in [3.8, 4) is 0 Å². The number of nitrogens with zero attached hydrogens (tertiary/aromatic N) is 2. The Morgan fingerprint density at radius 1 is 1.07 bits per heavy atom. The Balaban J connectivity index is 1.77. The van der Waals surface area contributed by atoms with Gasteiger partial charge in [-0.15, -0.1) is 0 Å². The van der Waals surface area contributed by atoms with E-state index in [1.807, 2.05) is 9.80 Å². The third kappa shape index (κ3) is 4.48. The van der Waals surface area contributed by atoms with E-state index in [0.29, 0.717) is 37.6 Å². The number of halogens is 1. The van der Waals surface area contributed by atoms with Crippen LogP contribution >= 0.6 is 0 Å². The van der Waals surface area contributed by atoms with E-state index in [0.717, 1.165) is 6.26 Å². The molecule has 0 bridgehead atoms. The van der Waals surface area contributed by atoms with Gasteiger partial charge in [0, 0.05) is 31.9 Å². The maximum atomic E-state index is 13.9. The minimum atomic E-state index is -3.58. The normalized spacial score (nSPS) is 14.9. The Bertz CT molecular complexity index is 957. The minimum absolute atomic E-state index is 0.0266. The number of hydrogen-bond donors (Lipinski definition) is 2. The molecule has 27 heavy (non-hydrogen) atoms. The summed E-state index contributed by atoms with van der Waals surface area (Å²) in [6.45, 7) is 2.36. The predicted octanol–water partition coefficient (Wildman–Crippen LogP) is 2.22. The molecule has 1 saturated heterocycles. The molecule has 2 N–H and O–H groups in total. The highest BCUT2D eigenvalue weighted by Gasteiger charge is 2.21. The molecule has 0 spiro atoms. The number of piperazine rings is 1. The summed E-state index contributed by atoms with van der Waals surface area (Å²) in [7, 11) is -3.58. The molecule has 0 saturated carbocycles. The lowest BCUT2D eigenvalue weighted by molar-refractivity contribution is 0.0698. The molecule has 0 aromatic heterocycles. The SMILES string of the molecule is CS(=O)(=O)Nc1ccc(N2CCN(c3ccccc3F)CC2)cc1C(=O)O. The van der Waals surface area contributed by atoms with E-state index in [1.165, 1.54) is 18.2 Å². The lowest BCUT2D eigenvalue weighted by Crippen LogP contribution is -2.46. The van der Waals surface area contributed by atoms with Crippen LogP contribution in [-0.2, 0) is 10.0 Å². The van der Waals surface area contributed by atoms with E-state index in [1.54, 1.807) is 24.3 Å². The molecular weight excluding hydrogens is 373 g/mol. The molecular formula is C18H20FN3O4S. The van der Waals surface area contributed by atoms with Crippen molar-refractivity contribution in [3.63, 3.8) is 0 Å². The smallest absolute Gasteiger partial charge is 0.337 e. The van der Waals surface area contributed by atoms with Crippen molar-refractivity contribution in [3.05, 3.63) is 53.8 Å². The fraction of sp³-hybridized carbons (Fsp3) is 0.278. The Morgan fingerprint density at radius 3 is 2.30 bits per heavy atom. The van der Waals surface area contributed by atoms with Gasteiger partial charge in [0.15, 0.2) is 0 Å². The molecule has 1 aliphatic heterocycles. The van der Waals surface area contributed by atoms with Gasteiger partial charge >= 0.3 is 5.97 Å². The molecule has 9 heteroatoms. The molecule has 2 aromatic carbocycles. The van der Waals surface area contributed by atoms with Gasteiger partial charge in [-0.05, 0) is 30.3 Å². The van der Waals surface area contributed by atoms with E-state index in [2.05, 4.69) is 4.72 Å². The summed E-state index contributed by atoms with van der Waals surface area (Å²) in [5.41, 5.74) is 1.14. The Labute approximate surface area is 157 Å². The molecule has 1 fully saturated rings. The highest BCUT2D eigenvalue weighted by Crippen LogP contribution is 2.27. The van der Waals surface area contributed by atoms with E-state index in [-0.39, 0.29) is 17.1 Å². The Hall–Kier alpha value is -2.81. The van der Waals surface area contributed by atoms with Crippen LogP contribution in [0, 0.1) is 5.82 Å². The van der Waals surface area contributed by atoms with Gasteiger partial charge < -0.3 is 14.9 Å². The number of carboxylic acids is 1. The summed E-state index contributed by atoms with van der Waals surface area (Å²) in [5, 5.41) is 9.40. The predicted molar refractivity (Wildman–Crippen MR) is 103 cm³/mol. The molecule has 7 nitrogen and oxygen atoms in total. The molecule has 144 valence electrons. The highest BCUT2D eigenvalue weighted by atomic mass is 32.2. The van der Waals surface area contributed by atoms with Crippen molar-refractivity contribution in [2.75, 3.05) is 47.0 Å². The van der Waals surface area contributed by atoms with Crippen molar-refractivity contribution < 1.29 is 22.7 Å². The second kappa shape index (κ2) is 7.43. The van der Waals surface area contributed by atoms with Crippen LogP contribution < -0.4 is 14.5 Å². The highest BCUT2D eigenvalue weighted by molar-refractivity contribution is 7.92. The van der Waals surface area contributed by atoms with Crippen molar-refractivity contribution in [1.82, 2.24) is 0 Å². The standard InChI is InChI=1S/C18H20FN3O4S/c1-27(25,26)20-16-7-6-13(12-14(16)18(23)24)21-8-10-22(11-9-21)17-5-3-2-4-15(17)19/h2-7,12,20H,8-11H2,1H3,(H,23,24). The first kappa shape index (κ1) is 19.0. The van der Waals surface area contributed by atoms with Gasteiger partial charge in [0.05, 0.1) is 23.2 Å². The van der Waals surface area contributed by atoms with E-state index < -0.39 is 16.0 Å². The average Bonchev–Trinajstić information content (AvgIpc) is 2.61. The van der Waals surface area contributed by atoms with E-state index >= 15 is 0 Å². The van der Waals surface area contributed by atoms with Crippen molar-refractivity contribution >= 4 is 33.1 Å². The number of sulfonamides is 1. The Kier molecular flexibility index (Phi) is 5.22. The Morgan fingerprint density at radius 2 is 1.70 bits per heavy atom. The molecule has 0 radical (unpaired) electrons. The molecule has 1 aliphatic rings. The van der Waals surface area contributed by atoms with E-state index in [4.69, 9.17) is 0 Å². The first-order valence-electron chi connectivity index (χ1n) is 8.34. The largest absolute Gasteiger partial charge is 0.478 e. The topological polar surface area (TPSA) is 90.0 Å². The first-order chi connectivity index (χ1) is 12.7. The number of nitrogens with one attached hydrogen (secondary N) is 1. The summed E-state index contributed by atoms with van der Waals surface area (Å²) in [6, 6.07) is 11.2. The number of para-hydroxylation sites is 1. The van der Waals surface area contributed by atoms with Crippen LogP contribution in [0.5, 0.6) is 0 Å². The van der Waals surface area contributed by atoms with Crippen LogP contribution in [0.15, 0.2) is 42.5 Å². The van der Waals surface area contributed by atoms with Gasteiger partial charge in [-0.25, -0.2) is 17.6 Å². The van der Waals surface area contributed by atoms with Gasteiger partial charge in [-0.3, -0.25) is 4.72 Å². The van der Waals surface area contributed by atoms with Gasteiger partial charge in [-0.2, -0.15) is 0 Å². The van der Waals surface area contributed by atoms with Crippen molar-refractivity contribution in [2.45, 2.75) is 0 Å². The number of hydrogen-bond acceptors (Lipinski definition) is 5. The van der Waals surface area contributed by atoms with Gasteiger partial charge in [-0.1, -0.05) is 12.1 Å². The number of rotatable bonds is 5. The average molecular weight is 393 g/mol. The number of benzene rings is 2. The number of anilines is 3. The monoisotopic (exact) mass is 393 g/mol. The van der Waals surface area contributed by atoms with E-state index in [9.17, 15) is 22.7 Å². The zero-order valence-electron chi connectivity index (χ0n) is 14.7. The second-order valence-corrected chi connectivity index (χ2v) is 8.08. The van der Waals surface area contributed by atoms with Crippen LogP contribution in [-0.4, -0.2) is 51.9 Å². The number of carbonyl (C=O) groups is 1. The summed E-state index contributed by atoms with van der Waals surface area (Å²) in [5.74, 6) is -1.48. The lowest BCUT2D eigenvalue weighted by Gasteiger charge is -2.37. The third-order valence-corrected chi connectivity index (χ3v) is 4.96. The number of aromatic carboxylic acids is 1. The number of carboxylic acid groups (broad SMARTS) is 1. The zero-order valence-corrected chi connectivity index (χ0v) is 15.5. The quantitative estimate of drug-likeness (QED) is 0.810.